The Labute approximate surface area is 188 Å². The largest absolute Gasteiger partial charge is 0.375 e. The lowest BCUT2D eigenvalue weighted by Gasteiger charge is -2.41. The minimum absolute atomic E-state index is 0.562. The molecule has 160 valence electrons. The molecule has 0 saturated carbocycles. The number of benzene rings is 2. The summed E-state index contributed by atoms with van der Waals surface area (Å²) in [7, 11) is 0. The molecule has 2 aromatic carbocycles. The van der Waals surface area contributed by atoms with Crippen LogP contribution >= 0.6 is 11.8 Å². The maximum absolute atomic E-state index is 5.75. The highest BCUT2D eigenvalue weighted by molar-refractivity contribution is 8.13. The van der Waals surface area contributed by atoms with Crippen molar-refractivity contribution in [3.63, 3.8) is 0 Å². The van der Waals surface area contributed by atoms with Crippen LogP contribution in [0.5, 0.6) is 0 Å². The summed E-state index contributed by atoms with van der Waals surface area (Å²) in [5.41, 5.74) is 4.93. The fourth-order valence-corrected chi connectivity index (χ4v) is 5.51. The van der Waals surface area contributed by atoms with Gasteiger partial charge in [-0.1, -0.05) is 55.4 Å². The first kappa shape index (κ1) is 20.5. The van der Waals surface area contributed by atoms with Gasteiger partial charge in [0.05, 0.1) is 18.0 Å². The first-order valence-electron chi connectivity index (χ1n) is 11.3. The van der Waals surface area contributed by atoms with Gasteiger partial charge in [-0.05, 0) is 54.0 Å². The normalized spacial score (nSPS) is 19.5. The van der Waals surface area contributed by atoms with E-state index in [1.165, 1.54) is 22.9 Å². The molecule has 1 atom stereocenters. The first-order valence-corrected chi connectivity index (χ1v) is 12.3. The summed E-state index contributed by atoms with van der Waals surface area (Å²) >= 11 is 1.89. The zero-order valence-corrected chi connectivity index (χ0v) is 18.9. The van der Waals surface area contributed by atoms with Crippen LogP contribution in [0.4, 0.5) is 5.69 Å². The minimum atomic E-state index is 0.562. The highest BCUT2D eigenvalue weighted by Gasteiger charge is 2.31. The number of hydrogen-bond acceptors (Lipinski definition) is 4. The number of thioether (sulfide) groups is 1. The number of pyridine rings is 1. The molecule has 1 saturated heterocycles. The third kappa shape index (κ3) is 4.63. The van der Waals surface area contributed by atoms with E-state index in [1.54, 1.807) is 0 Å². The van der Waals surface area contributed by atoms with Gasteiger partial charge in [-0.2, -0.15) is 0 Å². The van der Waals surface area contributed by atoms with Crippen molar-refractivity contribution in [3.8, 4) is 0 Å². The zero-order chi connectivity index (χ0) is 21.0. The number of aromatic nitrogens is 1. The Morgan fingerprint density at radius 3 is 2.94 bits per heavy atom. The van der Waals surface area contributed by atoms with E-state index < -0.39 is 0 Å². The topological polar surface area (TPSA) is 37.7 Å². The summed E-state index contributed by atoms with van der Waals surface area (Å²) in [6.45, 7) is 4.50. The summed E-state index contributed by atoms with van der Waals surface area (Å²) in [6, 6.07) is 18.0. The van der Waals surface area contributed by atoms with Gasteiger partial charge in [0.2, 0.25) is 0 Å². The molecule has 1 unspecified atom stereocenters. The molecule has 5 rings (SSSR count). The average Bonchev–Trinajstić information content (AvgIpc) is 2.81. The van der Waals surface area contributed by atoms with Crippen molar-refractivity contribution in [3.05, 3.63) is 71.5 Å². The van der Waals surface area contributed by atoms with Crippen molar-refractivity contribution < 1.29 is 4.74 Å². The number of aliphatic imine (C=N–C) groups is 1. The number of amidine groups is 1. The van der Waals surface area contributed by atoms with Crippen LogP contribution in [0.15, 0.2) is 59.7 Å². The summed E-state index contributed by atoms with van der Waals surface area (Å²) in [6.07, 6.45) is 6.53. The molecule has 2 aliphatic heterocycles. The molecule has 3 aromatic rings. The molecule has 5 heteroatoms. The van der Waals surface area contributed by atoms with Crippen molar-refractivity contribution in [1.82, 2.24) is 9.88 Å². The maximum Gasteiger partial charge on any atom is 0.164 e. The summed E-state index contributed by atoms with van der Waals surface area (Å²) in [5, 5.41) is 3.47. The standard InChI is InChI=1S/C26H29N3OS/c1-2-3-11-30-18-24-14-22-13-23(9-8-20(22)16-27-24)28-26-29-17-21-7-5-4-6-19(21)15-25(29)10-12-31-26/h4-9,13-14,16,25H,2-3,10-12,15,17-18H2,1H3. The predicted octanol–water partition coefficient (Wildman–Crippen LogP) is 6.10. The fourth-order valence-electron chi connectivity index (χ4n) is 4.39. The Morgan fingerprint density at radius 1 is 1.13 bits per heavy atom. The lowest BCUT2D eigenvalue weighted by atomic mass is 9.93. The molecule has 31 heavy (non-hydrogen) atoms. The molecule has 1 fully saturated rings. The predicted molar refractivity (Wildman–Crippen MR) is 130 cm³/mol. The molecule has 1 aromatic heterocycles. The molecule has 0 bridgehead atoms. The number of fused-ring (bicyclic) bond motifs is 3. The molecule has 0 spiro atoms. The van der Waals surface area contributed by atoms with Gasteiger partial charge in [0.1, 0.15) is 0 Å². The number of unbranched alkanes of at least 4 members (excludes halogenated alkanes) is 1. The lowest BCUT2D eigenvalue weighted by molar-refractivity contribution is 0.115. The van der Waals surface area contributed by atoms with Gasteiger partial charge in [0.15, 0.2) is 5.17 Å². The minimum Gasteiger partial charge on any atom is -0.375 e. The van der Waals surface area contributed by atoms with Gasteiger partial charge < -0.3 is 9.64 Å². The molecule has 0 aliphatic carbocycles. The molecule has 2 aliphatic rings. The molecule has 4 nitrogen and oxygen atoms in total. The van der Waals surface area contributed by atoms with Crippen molar-refractivity contribution in [2.75, 3.05) is 12.4 Å². The van der Waals surface area contributed by atoms with E-state index in [2.05, 4.69) is 65.3 Å². The van der Waals surface area contributed by atoms with Crippen LogP contribution in [0.1, 0.15) is 43.0 Å². The second kappa shape index (κ2) is 9.41. The van der Waals surface area contributed by atoms with E-state index in [0.29, 0.717) is 12.6 Å². The van der Waals surface area contributed by atoms with Crippen LogP contribution < -0.4 is 0 Å². The Kier molecular flexibility index (Phi) is 6.23. The summed E-state index contributed by atoms with van der Waals surface area (Å²) in [4.78, 5) is 12.2. The lowest BCUT2D eigenvalue weighted by Crippen LogP contribution is -2.46. The molecular formula is C26H29N3OS. The average molecular weight is 432 g/mol. The van der Waals surface area contributed by atoms with Crippen LogP contribution in [-0.4, -0.2) is 33.5 Å². The Balaban J connectivity index is 1.38. The molecule has 0 N–H and O–H groups in total. The van der Waals surface area contributed by atoms with Gasteiger partial charge in [0, 0.05) is 36.5 Å². The van der Waals surface area contributed by atoms with Gasteiger partial charge in [-0.3, -0.25) is 4.98 Å². The van der Waals surface area contributed by atoms with E-state index in [0.717, 1.165) is 60.1 Å². The van der Waals surface area contributed by atoms with Crippen molar-refractivity contribution >= 4 is 33.4 Å². The van der Waals surface area contributed by atoms with E-state index in [9.17, 15) is 0 Å². The number of hydrogen-bond donors (Lipinski definition) is 0. The quantitative estimate of drug-likeness (QED) is 0.442. The van der Waals surface area contributed by atoms with Gasteiger partial charge >= 0.3 is 0 Å². The first-order chi connectivity index (χ1) is 15.3. The zero-order valence-electron chi connectivity index (χ0n) is 18.1. The molecule has 0 amide bonds. The SMILES string of the molecule is CCCCOCc1cc2cc(N=C3SCCC4Cc5ccccc5CN34)ccc2cn1. The van der Waals surface area contributed by atoms with E-state index in [4.69, 9.17) is 9.73 Å². The van der Waals surface area contributed by atoms with E-state index in [1.807, 2.05) is 18.0 Å². The number of ether oxygens (including phenoxy) is 1. The highest BCUT2D eigenvalue weighted by Crippen LogP contribution is 2.34. The Morgan fingerprint density at radius 2 is 2.03 bits per heavy atom. The van der Waals surface area contributed by atoms with Crippen LogP contribution in [0.2, 0.25) is 0 Å². The Hall–Kier alpha value is -2.37. The molecule has 0 radical (unpaired) electrons. The Bertz CT molecular complexity index is 1100. The van der Waals surface area contributed by atoms with Crippen molar-refractivity contribution in [2.24, 2.45) is 4.99 Å². The van der Waals surface area contributed by atoms with Gasteiger partial charge in [0.25, 0.3) is 0 Å². The number of rotatable bonds is 6. The summed E-state index contributed by atoms with van der Waals surface area (Å²) in [5.74, 6) is 1.14. The van der Waals surface area contributed by atoms with E-state index in [-0.39, 0.29) is 0 Å². The van der Waals surface area contributed by atoms with Gasteiger partial charge in [-0.15, -0.1) is 0 Å². The number of nitrogens with zero attached hydrogens (tertiary/aromatic N) is 3. The third-order valence-corrected chi connectivity index (χ3v) is 7.19. The summed E-state index contributed by atoms with van der Waals surface area (Å²) < 4.78 is 5.75. The fraction of sp³-hybridized carbons (Fsp3) is 0.385. The smallest absolute Gasteiger partial charge is 0.164 e. The van der Waals surface area contributed by atoms with Crippen molar-refractivity contribution in [1.29, 1.82) is 0 Å². The highest BCUT2D eigenvalue weighted by atomic mass is 32.2. The second-order valence-corrected chi connectivity index (χ2v) is 9.46. The third-order valence-electron chi connectivity index (χ3n) is 6.16. The molecular weight excluding hydrogens is 402 g/mol. The van der Waals surface area contributed by atoms with Crippen LogP contribution in [-0.2, 0) is 24.3 Å². The van der Waals surface area contributed by atoms with Crippen LogP contribution in [0.25, 0.3) is 10.8 Å². The van der Waals surface area contributed by atoms with Crippen LogP contribution in [0.3, 0.4) is 0 Å². The van der Waals surface area contributed by atoms with Crippen molar-refractivity contribution in [2.45, 2.75) is 51.8 Å². The monoisotopic (exact) mass is 431 g/mol. The van der Waals surface area contributed by atoms with Gasteiger partial charge in [-0.25, -0.2) is 4.99 Å². The molecule has 3 heterocycles. The maximum atomic E-state index is 5.75. The van der Waals surface area contributed by atoms with E-state index >= 15 is 0 Å². The second-order valence-electron chi connectivity index (χ2n) is 8.40. The van der Waals surface area contributed by atoms with Crippen LogP contribution in [0, 0.1) is 0 Å².